The maximum Gasteiger partial charge on any atom is 0.326 e. The Bertz CT molecular complexity index is 1150. The van der Waals surface area contributed by atoms with Crippen molar-refractivity contribution in [3.63, 3.8) is 0 Å². The third kappa shape index (κ3) is 10.1. The Hall–Kier alpha value is -4.45. The molecule has 0 fully saturated rings. The highest BCUT2D eigenvalue weighted by Gasteiger charge is 2.31. The van der Waals surface area contributed by atoms with Gasteiger partial charge in [-0.15, -0.1) is 0 Å². The molecule has 0 saturated heterocycles. The summed E-state index contributed by atoms with van der Waals surface area (Å²) in [5, 5.41) is 35.3. The molecule has 12 heteroatoms. The minimum atomic E-state index is -1.74. The number of aliphatic carboxylic acids is 2. The van der Waals surface area contributed by atoms with Gasteiger partial charge in [0.25, 0.3) is 0 Å². The molecule has 0 heterocycles. The van der Waals surface area contributed by atoms with Crippen molar-refractivity contribution in [1.82, 2.24) is 16.0 Å². The van der Waals surface area contributed by atoms with E-state index in [9.17, 15) is 34.2 Å². The lowest BCUT2D eigenvalue weighted by Gasteiger charge is -2.26. The van der Waals surface area contributed by atoms with Gasteiger partial charge in [0.05, 0.1) is 12.5 Å². The molecule has 0 aromatic heterocycles. The monoisotopic (exact) mass is 542 g/mol. The number of rotatable bonds is 14. The molecule has 210 valence electrons. The van der Waals surface area contributed by atoms with Gasteiger partial charge < -0.3 is 37.0 Å². The number of phenols is 1. The third-order valence-corrected chi connectivity index (χ3v) is 5.94. The summed E-state index contributed by atoms with van der Waals surface area (Å²) < 4.78 is 0. The lowest BCUT2D eigenvalue weighted by molar-refractivity contribution is -0.147. The summed E-state index contributed by atoms with van der Waals surface area (Å²) in [5.74, 6) is -5.45. The normalized spacial score (nSPS) is 13.9. The van der Waals surface area contributed by atoms with Gasteiger partial charge in [0.2, 0.25) is 17.7 Å². The van der Waals surface area contributed by atoms with E-state index < -0.39 is 60.2 Å². The number of carboxylic acid groups (broad SMARTS) is 2. The number of nitrogens with one attached hydrogen (secondary N) is 3. The fourth-order valence-electron chi connectivity index (χ4n) is 3.63. The molecule has 2 rings (SSSR count). The zero-order chi connectivity index (χ0) is 29.1. The topological polar surface area (TPSA) is 208 Å². The van der Waals surface area contributed by atoms with Crippen LogP contribution in [0.3, 0.4) is 0 Å². The number of carbonyl (C=O) groups excluding carboxylic acids is 3. The molecule has 12 nitrogen and oxygen atoms in total. The van der Waals surface area contributed by atoms with Crippen molar-refractivity contribution in [3.05, 3.63) is 65.7 Å². The molecule has 0 aliphatic carbocycles. The largest absolute Gasteiger partial charge is 0.508 e. The Morgan fingerprint density at radius 2 is 1.18 bits per heavy atom. The van der Waals surface area contributed by atoms with E-state index in [1.807, 2.05) is 0 Å². The molecule has 4 unspecified atom stereocenters. The number of carboxylic acids is 2. The fraction of sp³-hybridized carbons (Fsp3) is 0.370. The highest BCUT2D eigenvalue weighted by molar-refractivity contribution is 5.95. The molecule has 3 amide bonds. The number of hydrogen-bond donors (Lipinski definition) is 7. The zero-order valence-corrected chi connectivity index (χ0v) is 21.7. The van der Waals surface area contributed by atoms with Crippen molar-refractivity contribution < 1.29 is 39.3 Å². The smallest absolute Gasteiger partial charge is 0.326 e. The van der Waals surface area contributed by atoms with Crippen molar-refractivity contribution in [3.8, 4) is 5.75 Å². The van der Waals surface area contributed by atoms with Crippen molar-refractivity contribution in [1.29, 1.82) is 0 Å². The minimum Gasteiger partial charge on any atom is -0.508 e. The van der Waals surface area contributed by atoms with Crippen LogP contribution in [0.2, 0.25) is 0 Å². The molecule has 39 heavy (non-hydrogen) atoms. The number of carbonyl (C=O) groups is 5. The van der Waals surface area contributed by atoms with Gasteiger partial charge in [-0.25, -0.2) is 4.79 Å². The van der Waals surface area contributed by atoms with Gasteiger partial charge in [0.15, 0.2) is 0 Å². The van der Waals surface area contributed by atoms with Gasteiger partial charge in [-0.3, -0.25) is 19.2 Å². The molecule has 0 saturated carbocycles. The average molecular weight is 543 g/mol. The Morgan fingerprint density at radius 3 is 1.64 bits per heavy atom. The second-order valence-electron chi connectivity index (χ2n) is 9.45. The Balaban J connectivity index is 2.33. The number of benzene rings is 2. The van der Waals surface area contributed by atoms with E-state index in [1.54, 1.807) is 44.2 Å². The summed E-state index contributed by atoms with van der Waals surface area (Å²) in [4.78, 5) is 61.8. The van der Waals surface area contributed by atoms with Gasteiger partial charge in [0.1, 0.15) is 23.9 Å². The van der Waals surface area contributed by atoms with E-state index in [-0.39, 0.29) is 24.5 Å². The van der Waals surface area contributed by atoms with Crippen LogP contribution in [0.5, 0.6) is 5.75 Å². The highest BCUT2D eigenvalue weighted by Crippen LogP contribution is 2.13. The van der Waals surface area contributed by atoms with Crippen LogP contribution in [-0.2, 0) is 36.8 Å². The lowest BCUT2D eigenvalue weighted by atomic mass is 10.0. The molecule has 0 bridgehead atoms. The lowest BCUT2D eigenvalue weighted by Crippen LogP contribution is -2.58. The van der Waals surface area contributed by atoms with Gasteiger partial charge >= 0.3 is 11.9 Å². The molecular weight excluding hydrogens is 508 g/mol. The zero-order valence-electron chi connectivity index (χ0n) is 21.7. The third-order valence-electron chi connectivity index (χ3n) is 5.94. The second-order valence-corrected chi connectivity index (χ2v) is 9.45. The quantitative estimate of drug-likeness (QED) is 0.173. The summed E-state index contributed by atoms with van der Waals surface area (Å²) in [6.07, 6.45) is -0.914. The molecule has 0 spiro atoms. The summed E-state index contributed by atoms with van der Waals surface area (Å²) in [6.45, 7) is 3.51. The fourth-order valence-corrected chi connectivity index (χ4v) is 3.63. The molecule has 2 aromatic rings. The number of aromatic hydroxyl groups is 1. The van der Waals surface area contributed by atoms with E-state index in [0.717, 1.165) is 5.56 Å². The molecule has 0 aliphatic heterocycles. The Morgan fingerprint density at radius 1 is 0.718 bits per heavy atom. The first-order chi connectivity index (χ1) is 18.4. The van der Waals surface area contributed by atoms with Crippen LogP contribution in [0.25, 0.3) is 0 Å². The van der Waals surface area contributed by atoms with Gasteiger partial charge in [-0.2, -0.15) is 0 Å². The minimum absolute atomic E-state index is 0.0247. The van der Waals surface area contributed by atoms with E-state index >= 15 is 0 Å². The van der Waals surface area contributed by atoms with Crippen LogP contribution in [0, 0.1) is 5.92 Å². The Kier molecular flexibility index (Phi) is 11.4. The van der Waals surface area contributed by atoms with Crippen LogP contribution in [-0.4, -0.2) is 69.1 Å². The maximum absolute atomic E-state index is 13.4. The van der Waals surface area contributed by atoms with E-state index in [1.165, 1.54) is 24.3 Å². The van der Waals surface area contributed by atoms with E-state index in [2.05, 4.69) is 16.0 Å². The first-order valence-corrected chi connectivity index (χ1v) is 12.3. The molecule has 4 atom stereocenters. The maximum atomic E-state index is 13.4. The Labute approximate surface area is 225 Å². The number of amides is 3. The van der Waals surface area contributed by atoms with Crippen molar-refractivity contribution in [2.75, 3.05) is 0 Å². The van der Waals surface area contributed by atoms with Crippen LogP contribution >= 0.6 is 0 Å². The van der Waals surface area contributed by atoms with Crippen molar-refractivity contribution in [2.24, 2.45) is 11.7 Å². The number of hydrogen-bond acceptors (Lipinski definition) is 7. The van der Waals surface area contributed by atoms with Crippen LogP contribution in [0.15, 0.2) is 54.6 Å². The summed E-state index contributed by atoms with van der Waals surface area (Å²) in [7, 11) is 0. The predicted molar refractivity (Wildman–Crippen MR) is 140 cm³/mol. The van der Waals surface area contributed by atoms with Crippen LogP contribution in [0.4, 0.5) is 0 Å². The van der Waals surface area contributed by atoms with Gasteiger partial charge in [0, 0.05) is 12.8 Å². The van der Waals surface area contributed by atoms with Crippen molar-refractivity contribution >= 4 is 29.7 Å². The van der Waals surface area contributed by atoms with E-state index in [4.69, 9.17) is 10.8 Å². The first kappa shape index (κ1) is 30.8. The summed E-state index contributed by atoms with van der Waals surface area (Å²) in [6, 6.07) is 9.53. The van der Waals surface area contributed by atoms with Gasteiger partial charge in [-0.1, -0.05) is 56.3 Å². The number of phenolic OH excluding ortho intramolecular Hbond substituents is 1. The van der Waals surface area contributed by atoms with Crippen LogP contribution < -0.4 is 21.7 Å². The van der Waals surface area contributed by atoms with Crippen molar-refractivity contribution in [2.45, 2.75) is 57.3 Å². The molecule has 8 N–H and O–H groups in total. The highest BCUT2D eigenvalue weighted by atomic mass is 16.4. The van der Waals surface area contributed by atoms with Gasteiger partial charge in [-0.05, 0) is 29.2 Å². The second kappa shape index (κ2) is 14.5. The molecule has 2 aromatic carbocycles. The SMILES string of the molecule is CC(C)C(N)C(=O)NC(Cc1ccccc1)C(=O)NC(Cc1ccc(O)cc1)C(=O)NC(CC(=O)O)C(=O)O. The van der Waals surface area contributed by atoms with E-state index in [0.29, 0.717) is 5.56 Å². The molecule has 0 aliphatic rings. The summed E-state index contributed by atoms with van der Waals surface area (Å²) in [5.41, 5.74) is 7.20. The van der Waals surface area contributed by atoms with Crippen LogP contribution in [0.1, 0.15) is 31.4 Å². The summed E-state index contributed by atoms with van der Waals surface area (Å²) >= 11 is 0. The number of nitrogens with two attached hydrogens (primary N) is 1. The average Bonchev–Trinajstić information content (AvgIpc) is 2.88. The standard InChI is InChI=1S/C27H34N4O8/c1-15(2)23(28)26(37)30-20(12-16-6-4-3-5-7-16)24(35)29-19(13-17-8-10-18(32)11-9-17)25(36)31-21(27(38)39)14-22(33)34/h3-11,15,19-21,23,32H,12-14,28H2,1-2H3,(H,29,35)(H,30,37)(H,31,36)(H,33,34)(H,38,39). The predicted octanol–water partition coefficient (Wildman–Crippen LogP) is 0.174. The first-order valence-electron chi connectivity index (χ1n) is 12.3. The molecular formula is C27H34N4O8. The molecule has 0 radical (unpaired) electrons.